The first-order chi connectivity index (χ1) is 5.50. The SMILES string of the molecule is CC(C)(C)C(=O)C=C1NCCN1. The molecule has 0 atom stereocenters. The molecule has 0 aromatic heterocycles. The van der Waals surface area contributed by atoms with E-state index < -0.39 is 0 Å². The molecule has 0 amide bonds. The summed E-state index contributed by atoms with van der Waals surface area (Å²) in [5.41, 5.74) is -0.279. The van der Waals surface area contributed by atoms with E-state index in [9.17, 15) is 4.79 Å². The summed E-state index contributed by atoms with van der Waals surface area (Å²) < 4.78 is 0. The Labute approximate surface area is 73.2 Å². The van der Waals surface area contributed by atoms with Crippen molar-refractivity contribution in [2.75, 3.05) is 13.1 Å². The normalized spacial score (nSPS) is 16.8. The molecule has 0 radical (unpaired) electrons. The zero-order valence-electron chi connectivity index (χ0n) is 7.90. The molecule has 1 aliphatic rings. The van der Waals surface area contributed by atoms with E-state index in [2.05, 4.69) is 10.6 Å². The van der Waals surface area contributed by atoms with Gasteiger partial charge in [-0.05, 0) is 0 Å². The zero-order chi connectivity index (χ0) is 9.19. The van der Waals surface area contributed by atoms with Gasteiger partial charge in [0, 0.05) is 24.6 Å². The van der Waals surface area contributed by atoms with Gasteiger partial charge in [-0.25, -0.2) is 0 Å². The number of rotatable bonds is 1. The molecule has 3 nitrogen and oxygen atoms in total. The number of carbonyl (C=O) groups is 1. The minimum absolute atomic E-state index is 0.152. The summed E-state index contributed by atoms with van der Waals surface area (Å²) in [4.78, 5) is 11.5. The molecule has 0 saturated carbocycles. The Hall–Kier alpha value is -0.990. The van der Waals surface area contributed by atoms with E-state index in [1.165, 1.54) is 0 Å². The van der Waals surface area contributed by atoms with E-state index in [1.54, 1.807) is 6.08 Å². The minimum atomic E-state index is -0.279. The average molecular weight is 168 g/mol. The number of allylic oxidation sites excluding steroid dienone is 1. The van der Waals surface area contributed by atoms with Gasteiger partial charge >= 0.3 is 0 Å². The van der Waals surface area contributed by atoms with Gasteiger partial charge in [0.2, 0.25) is 0 Å². The summed E-state index contributed by atoms with van der Waals surface area (Å²) in [6, 6.07) is 0. The molecule has 0 bridgehead atoms. The van der Waals surface area contributed by atoms with E-state index in [0.717, 1.165) is 18.9 Å². The van der Waals surface area contributed by atoms with Crippen LogP contribution in [0.4, 0.5) is 0 Å². The number of hydrogen-bond donors (Lipinski definition) is 2. The third-order valence-corrected chi connectivity index (χ3v) is 1.77. The lowest BCUT2D eigenvalue weighted by atomic mass is 9.91. The van der Waals surface area contributed by atoms with E-state index >= 15 is 0 Å². The van der Waals surface area contributed by atoms with Crippen molar-refractivity contribution in [2.45, 2.75) is 20.8 Å². The lowest BCUT2D eigenvalue weighted by Crippen LogP contribution is -2.21. The van der Waals surface area contributed by atoms with Crippen LogP contribution in [0.25, 0.3) is 0 Å². The summed E-state index contributed by atoms with van der Waals surface area (Å²) in [5, 5.41) is 6.18. The molecule has 1 saturated heterocycles. The highest BCUT2D eigenvalue weighted by molar-refractivity contribution is 5.94. The summed E-state index contributed by atoms with van der Waals surface area (Å²) in [6.07, 6.45) is 1.65. The molecule has 0 aromatic carbocycles. The van der Waals surface area contributed by atoms with Crippen LogP contribution in [-0.2, 0) is 4.79 Å². The topological polar surface area (TPSA) is 41.1 Å². The highest BCUT2D eigenvalue weighted by Gasteiger charge is 2.20. The van der Waals surface area contributed by atoms with Crippen LogP contribution in [0.5, 0.6) is 0 Å². The molecule has 68 valence electrons. The van der Waals surface area contributed by atoms with Crippen LogP contribution in [0.3, 0.4) is 0 Å². The first kappa shape index (κ1) is 9.10. The molecule has 1 fully saturated rings. The quantitative estimate of drug-likeness (QED) is 0.564. The molecule has 0 aromatic rings. The molecule has 1 rings (SSSR count). The molecular weight excluding hydrogens is 152 g/mol. The molecule has 0 aliphatic carbocycles. The first-order valence-electron chi connectivity index (χ1n) is 4.24. The second kappa shape index (κ2) is 3.17. The van der Waals surface area contributed by atoms with Crippen molar-refractivity contribution in [3.8, 4) is 0 Å². The maximum atomic E-state index is 11.5. The molecule has 0 unspecified atom stereocenters. The Kier molecular flexibility index (Phi) is 2.40. The van der Waals surface area contributed by atoms with Crippen LogP contribution < -0.4 is 10.6 Å². The van der Waals surface area contributed by atoms with Crippen molar-refractivity contribution in [1.82, 2.24) is 10.6 Å². The van der Waals surface area contributed by atoms with Gasteiger partial charge in [0.15, 0.2) is 5.78 Å². The van der Waals surface area contributed by atoms with Gasteiger partial charge in [0.05, 0.1) is 0 Å². The van der Waals surface area contributed by atoms with Crippen LogP contribution in [-0.4, -0.2) is 18.9 Å². The van der Waals surface area contributed by atoms with Crippen molar-refractivity contribution in [1.29, 1.82) is 0 Å². The van der Waals surface area contributed by atoms with Gasteiger partial charge in [0.25, 0.3) is 0 Å². The smallest absolute Gasteiger partial charge is 0.164 e. The predicted octanol–water partition coefficient (Wildman–Crippen LogP) is 0.636. The molecule has 0 spiro atoms. The Morgan fingerprint density at radius 3 is 2.25 bits per heavy atom. The Bertz CT molecular complexity index is 205. The number of hydrogen-bond acceptors (Lipinski definition) is 3. The first-order valence-corrected chi connectivity index (χ1v) is 4.24. The molecule has 1 heterocycles. The van der Waals surface area contributed by atoms with E-state index in [-0.39, 0.29) is 11.2 Å². The van der Waals surface area contributed by atoms with Gasteiger partial charge in [0.1, 0.15) is 5.82 Å². The van der Waals surface area contributed by atoms with Crippen molar-refractivity contribution in [3.63, 3.8) is 0 Å². The largest absolute Gasteiger partial charge is 0.370 e. The minimum Gasteiger partial charge on any atom is -0.370 e. The average Bonchev–Trinajstić information content (AvgIpc) is 2.37. The maximum absolute atomic E-state index is 11.5. The Balaban J connectivity index is 2.60. The van der Waals surface area contributed by atoms with Crippen LogP contribution in [0.15, 0.2) is 11.9 Å². The van der Waals surface area contributed by atoms with E-state index in [0.29, 0.717) is 0 Å². The number of nitrogens with one attached hydrogen (secondary N) is 2. The van der Waals surface area contributed by atoms with Crippen molar-refractivity contribution >= 4 is 5.78 Å². The monoisotopic (exact) mass is 168 g/mol. The van der Waals surface area contributed by atoms with Gasteiger partial charge in [-0.1, -0.05) is 20.8 Å². The summed E-state index contributed by atoms with van der Waals surface area (Å²) in [5.74, 6) is 1.01. The standard InChI is InChI=1S/C9H16N2O/c1-9(2,3)7(12)6-8-10-4-5-11-8/h6,10-11H,4-5H2,1-3H3. The molecule has 12 heavy (non-hydrogen) atoms. The number of ketones is 1. The van der Waals surface area contributed by atoms with Crippen molar-refractivity contribution < 1.29 is 4.79 Å². The second-order valence-electron chi connectivity index (χ2n) is 4.03. The molecule has 2 N–H and O–H groups in total. The van der Waals surface area contributed by atoms with Crippen LogP contribution in [0.1, 0.15) is 20.8 Å². The van der Waals surface area contributed by atoms with Gasteiger partial charge in [-0.3, -0.25) is 4.79 Å². The number of carbonyl (C=O) groups excluding carboxylic acids is 1. The van der Waals surface area contributed by atoms with Gasteiger partial charge < -0.3 is 10.6 Å². The Morgan fingerprint density at radius 1 is 1.33 bits per heavy atom. The maximum Gasteiger partial charge on any atom is 0.164 e. The lowest BCUT2D eigenvalue weighted by molar-refractivity contribution is -0.121. The van der Waals surface area contributed by atoms with Gasteiger partial charge in [-0.15, -0.1) is 0 Å². The summed E-state index contributed by atoms with van der Waals surface area (Å²) in [6.45, 7) is 7.57. The molecular formula is C9H16N2O. The fourth-order valence-electron chi connectivity index (χ4n) is 0.907. The predicted molar refractivity (Wildman–Crippen MR) is 48.6 cm³/mol. The Morgan fingerprint density at radius 2 is 1.83 bits per heavy atom. The lowest BCUT2D eigenvalue weighted by Gasteiger charge is -2.13. The van der Waals surface area contributed by atoms with Crippen molar-refractivity contribution in [2.24, 2.45) is 5.41 Å². The van der Waals surface area contributed by atoms with E-state index in [4.69, 9.17) is 0 Å². The van der Waals surface area contributed by atoms with Crippen LogP contribution in [0, 0.1) is 5.41 Å². The molecule has 3 heteroatoms. The van der Waals surface area contributed by atoms with Gasteiger partial charge in [-0.2, -0.15) is 0 Å². The highest BCUT2D eigenvalue weighted by atomic mass is 16.1. The third-order valence-electron chi connectivity index (χ3n) is 1.77. The van der Waals surface area contributed by atoms with Crippen LogP contribution in [0.2, 0.25) is 0 Å². The molecule has 1 aliphatic heterocycles. The summed E-state index contributed by atoms with van der Waals surface area (Å²) >= 11 is 0. The third kappa shape index (κ3) is 2.26. The second-order valence-corrected chi connectivity index (χ2v) is 4.03. The van der Waals surface area contributed by atoms with Crippen molar-refractivity contribution in [3.05, 3.63) is 11.9 Å². The summed E-state index contributed by atoms with van der Waals surface area (Å²) in [7, 11) is 0. The fraction of sp³-hybridized carbons (Fsp3) is 0.667. The zero-order valence-corrected chi connectivity index (χ0v) is 7.90. The fourth-order valence-corrected chi connectivity index (χ4v) is 0.907. The van der Waals surface area contributed by atoms with E-state index in [1.807, 2.05) is 20.8 Å². The van der Waals surface area contributed by atoms with Crippen LogP contribution >= 0.6 is 0 Å². The highest BCUT2D eigenvalue weighted by Crippen LogP contribution is 2.15.